The predicted octanol–water partition coefficient (Wildman–Crippen LogP) is 1.49. The van der Waals surface area contributed by atoms with Crippen molar-refractivity contribution in [1.82, 2.24) is 9.80 Å². The molecule has 234 valence electrons. The number of aliphatic hydroxyl groups is 4. The fourth-order valence-electron chi connectivity index (χ4n) is 7.67. The molecule has 0 bridgehead atoms. The van der Waals surface area contributed by atoms with Crippen molar-refractivity contribution in [3.63, 3.8) is 0 Å². The second-order valence-corrected chi connectivity index (χ2v) is 12.0. The molecule has 7 N–H and O–H groups in total. The number of likely N-dealkylation sites (tertiary alicyclic amines) is 1. The zero-order valence-electron chi connectivity index (χ0n) is 23.6. The van der Waals surface area contributed by atoms with E-state index in [1.54, 1.807) is 4.90 Å². The topological polar surface area (TPSA) is 185 Å². The Hall–Kier alpha value is -3.46. The van der Waals surface area contributed by atoms with Gasteiger partial charge in [0, 0.05) is 30.7 Å². The molecule has 11 nitrogen and oxygen atoms in total. The molecule has 4 aliphatic rings. The highest BCUT2D eigenvalue weighted by atomic mass is 19.4. The normalized spacial score (nSPS) is 29.7. The van der Waals surface area contributed by atoms with E-state index in [1.807, 2.05) is 0 Å². The molecule has 1 aromatic carbocycles. The van der Waals surface area contributed by atoms with Crippen molar-refractivity contribution < 1.29 is 53.1 Å². The molecule has 1 aliphatic heterocycles. The van der Waals surface area contributed by atoms with E-state index in [0.717, 1.165) is 12.5 Å². The van der Waals surface area contributed by atoms with Crippen LogP contribution in [0.4, 0.5) is 13.2 Å². The molecule has 5 rings (SSSR count). The maximum absolute atomic E-state index is 14.7. The Labute approximate surface area is 244 Å². The zero-order valence-corrected chi connectivity index (χ0v) is 23.6. The number of fused-ring (bicyclic) bond motifs is 3. The lowest BCUT2D eigenvalue weighted by atomic mass is 9.58. The average molecular weight is 610 g/mol. The Morgan fingerprint density at radius 1 is 1.21 bits per heavy atom. The van der Waals surface area contributed by atoms with Gasteiger partial charge in [-0.1, -0.05) is 0 Å². The van der Waals surface area contributed by atoms with E-state index in [2.05, 4.69) is 0 Å². The van der Waals surface area contributed by atoms with Gasteiger partial charge >= 0.3 is 6.18 Å². The van der Waals surface area contributed by atoms with Gasteiger partial charge in [-0.05, 0) is 75.9 Å². The van der Waals surface area contributed by atoms with Crippen LogP contribution in [0.2, 0.25) is 0 Å². The Bertz CT molecular complexity index is 1470. The van der Waals surface area contributed by atoms with Crippen molar-refractivity contribution in [2.45, 2.75) is 62.5 Å². The number of phenolic OH excluding ortho intramolecular Hbond substituents is 1. The number of nitrogens with zero attached hydrogens (tertiary/aromatic N) is 2. The van der Waals surface area contributed by atoms with E-state index in [0.29, 0.717) is 19.4 Å². The third kappa shape index (κ3) is 4.62. The second kappa shape index (κ2) is 10.6. The van der Waals surface area contributed by atoms with Crippen LogP contribution in [0.5, 0.6) is 5.75 Å². The van der Waals surface area contributed by atoms with Gasteiger partial charge in [0.1, 0.15) is 22.8 Å². The van der Waals surface area contributed by atoms with E-state index < -0.39 is 98.7 Å². The van der Waals surface area contributed by atoms with Gasteiger partial charge in [-0.25, -0.2) is 0 Å². The quantitative estimate of drug-likeness (QED) is 0.258. The van der Waals surface area contributed by atoms with Crippen LogP contribution in [0, 0.1) is 11.8 Å². The maximum atomic E-state index is 14.7. The molecule has 43 heavy (non-hydrogen) atoms. The third-order valence-electron chi connectivity index (χ3n) is 9.43. The fraction of sp³-hybridized carbons (Fsp3) is 0.552. The van der Waals surface area contributed by atoms with Crippen molar-refractivity contribution in [1.29, 1.82) is 0 Å². The van der Waals surface area contributed by atoms with Crippen LogP contribution < -0.4 is 5.73 Å². The number of aromatic hydroxyl groups is 1. The van der Waals surface area contributed by atoms with Crippen LogP contribution in [-0.4, -0.2) is 97.7 Å². The number of Topliss-reactive ketones (excluding diaryl/α,β-unsaturated/α-hetero) is 2. The van der Waals surface area contributed by atoms with Crippen molar-refractivity contribution in [3.05, 3.63) is 51.0 Å². The number of halogens is 3. The summed E-state index contributed by atoms with van der Waals surface area (Å²) in [5.41, 5.74) is -1.54. The molecule has 1 saturated heterocycles. The molecule has 0 radical (unpaired) electrons. The number of allylic oxidation sites excluding steroid dienone is 1. The van der Waals surface area contributed by atoms with Gasteiger partial charge in [-0.3, -0.25) is 24.2 Å². The van der Waals surface area contributed by atoms with Gasteiger partial charge < -0.3 is 31.3 Å². The lowest BCUT2D eigenvalue weighted by Gasteiger charge is -2.50. The van der Waals surface area contributed by atoms with Crippen LogP contribution in [0.25, 0.3) is 0 Å². The summed E-state index contributed by atoms with van der Waals surface area (Å²) in [7, 11) is 2.92. The van der Waals surface area contributed by atoms with Gasteiger partial charge in [0.2, 0.25) is 5.78 Å². The number of aliphatic hydroxyl groups excluding tert-OH is 3. The van der Waals surface area contributed by atoms with E-state index in [9.17, 15) is 53.1 Å². The molecule has 1 fully saturated rings. The van der Waals surface area contributed by atoms with Crippen LogP contribution in [0.1, 0.15) is 52.7 Å². The number of likely N-dealkylation sites (N-methyl/N-ethyl adjacent to an activating group) is 1. The highest BCUT2D eigenvalue weighted by Gasteiger charge is 2.63. The number of hydrogen-bond acceptors (Lipinski definition) is 10. The zero-order chi connectivity index (χ0) is 31.8. The standard InChI is InChI=1S/C29H34F3N3O8/c1-34(2)22-16-9-12-8-15-19(23(38)18(12)25(40)28(16,43)26(41)20(24(22)39)27(33)42)17(37)10-13(21(15)29(30,31)32)11-35-6-3-4-14(35)5-7-36/h10,12,14,16,22,36-37,39-40,43H,3-9,11H2,1-2H3,(H2,33,42)/t12-,14+,16-,22-,28-/m0/s1. The van der Waals surface area contributed by atoms with Crippen molar-refractivity contribution in [3.8, 4) is 5.75 Å². The second-order valence-electron chi connectivity index (χ2n) is 12.0. The largest absolute Gasteiger partial charge is 0.510 e. The van der Waals surface area contributed by atoms with Gasteiger partial charge in [0.25, 0.3) is 5.91 Å². The minimum Gasteiger partial charge on any atom is -0.510 e. The number of ketones is 2. The fourth-order valence-corrected chi connectivity index (χ4v) is 7.67. The molecular weight excluding hydrogens is 575 g/mol. The summed E-state index contributed by atoms with van der Waals surface area (Å²) in [4.78, 5) is 42.4. The molecule has 0 aromatic heterocycles. The number of hydrogen-bond donors (Lipinski definition) is 6. The number of phenols is 1. The summed E-state index contributed by atoms with van der Waals surface area (Å²) in [5.74, 6) is -9.13. The summed E-state index contributed by atoms with van der Waals surface area (Å²) in [6, 6.07) is -0.525. The Morgan fingerprint density at radius 3 is 2.47 bits per heavy atom. The van der Waals surface area contributed by atoms with E-state index >= 15 is 0 Å². The number of rotatable bonds is 6. The predicted molar refractivity (Wildman–Crippen MR) is 144 cm³/mol. The van der Waals surface area contributed by atoms with Crippen molar-refractivity contribution >= 4 is 17.5 Å². The number of carbonyl (C=O) groups excluding carboxylic acids is 3. The van der Waals surface area contributed by atoms with Gasteiger partial charge in [0.05, 0.1) is 17.2 Å². The van der Waals surface area contributed by atoms with E-state index in [4.69, 9.17) is 5.73 Å². The molecule has 5 atom stereocenters. The lowest BCUT2D eigenvalue weighted by Crippen LogP contribution is -2.63. The molecule has 1 heterocycles. The molecule has 0 saturated carbocycles. The Morgan fingerprint density at radius 2 is 1.88 bits per heavy atom. The lowest BCUT2D eigenvalue weighted by molar-refractivity contribution is -0.148. The molecular formula is C29H34F3N3O8. The number of nitrogens with two attached hydrogens (primary N) is 1. The number of benzene rings is 1. The summed E-state index contributed by atoms with van der Waals surface area (Å²) < 4.78 is 44.2. The average Bonchev–Trinajstić information content (AvgIpc) is 3.31. The first-order valence-electron chi connectivity index (χ1n) is 14.0. The van der Waals surface area contributed by atoms with Gasteiger partial charge in [-0.15, -0.1) is 0 Å². The van der Waals surface area contributed by atoms with Crippen LogP contribution >= 0.6 is 0 Å². The maximum Gasteiger partial charge on any atom is 0.417 e. The molecule has 14 heteroatoms. The van der Waals surface area contributed by atoms with Crippen LogP contribution in [-0.2, 0) is 28.7 Å². The molecule has 0 spiro atoms. The van der Waals surface area contributed by atoms with Crippen molar-refractivity contribution in [2.75, 3.05) is 27.2 Å². The van der Waals surface area contributed by atoms with Crippen LogP contribution in [0.15, 0.2) is 28.7 Å². The third-order valence-corrected chi connectivity index (χ3v) is 9.43. The molecule has 1 amide bonds. The number of alkyl halides is 3. The summed E-state index contributed by atoms with van der Waals surface area (Å²) in [6.45, 7) is 0.182. The smallest absolute Gasteiger partial charge is 0.417 e. The summed E-state index contributed by atoms with van der Waals surface area (Å²) in [6.07, 6.45) is -3.92. The van der Waals surface area contributed by atoms with Gasteiger partial charge in [0.15, 0.2) is 11.4 Å². The molecule has 0 unspecified atom stereocenters. The number of amides is 1. The highest BCUT2D eigenvalue weighted by molar-refractivity contribution is 6.24. The van der Waals surface area contributed by atoms with E-state index in [1.165, 1.54) is 19.0 Å². The monoisotopic (exact) mass is 609 g/mol. The minimum absolute atomic E-state index is 0.132. The first kappa shape index (κ1) is 31.0. The number of carbonyl (C=O) groups is 3. The first-order valence-corrected chi connectivity index (χ1v) is 14.0. The summed E-state index contributed by atoms with van der Waals surface area (Å²) in [5, 5.41) is 54.2. The Kier molecular flexibility index (Phi) is 7.65. The number of primary amides is 1. The molecule has 3 aliphatic carbocycles. The summed E-state index contributed by atoms with van der Waals surface area (Å²) >= 11 is 0. The SMILES string of the molecule is CN(C)[C@@H]1C(O)=C(C(N)=O)C(=O)[C@@]2(O)C(O)=C3C(=O)c4c(O)cc(CN5CCC[C@@H]5CCO)c(C(F)(F)F)c4C[C@H]3C[C@@H]12. The van der Waals surface area contributed by atoms with E-state index in [-0.39, 0.29) is 31.2 Å². The first-order chi connectivity index (χ1) is 20.0. The van der Waals surface area contributed by atoms with Gasteiger partial charge in [-0.2, -0.15) is 13.2 Å². The minimum atomic E-state index is -4.93. The van der Waals surface area contributed by atoms with Crippen molar-refractivity contribution in [2.24, 2.45) is 17.6 Å². The highest BCUT2D eigenvalue weighted by Crippen LogP contribution is 2.54. The Balaban J connectivity index is 1.67. The van der Waals surface area contributed by atoms with Crippen LogP contribution in [0.3, 0.4) is 0 Å². The molecule has 1 aromatic rings.